The van der Waals surface area contributed by atoms with Crippen molar-refractivity contribution in [3.05, 3.63) is 0 Å². The van der Waals surface area contributed by atoms with E-state index in [0.717, 1.165) is 25.7 Å². The van der Waals surface area contributed by atoms with Gasteiger partial charge >= 0.3 is 11.9 Å². The van der Waals surface area contributed by atoms with Gasteiger partial charge in [-0.2, -0.15) is 0 Å². The van der Waals surface area contributed by atoms with Gasteiger partial charge in [-0.25, -0.2) is 0 Å². The summed E-state index contributed by atoms with van der Waals surface area (Å²) in [7, 11) is 0. The minimum absolute atomic E-state index is 0.210. The highest BCUT2D eigenvalue weighted by atomic mass is 32.2. The number of aliphatic carboxylic acids is 2. The summed E-state index contributed by atoms with van der Waals surface area (Å²) in [4.78, 5) is 24.8. The molecule has 2 N–H and O–H groups in total. The van der Waals surface area contributed by atoms with Crippen LogP contribution >= 0.6 is 11.8 Å². The predicted octanol–water partition coefficient (Wildman–Crippen LogP) is 15.3. The molecule has 0 fully saturated rings. The lowest BCUT2D eigenvalue weighted by Gasteiger charge is -2.36. The lowest BCUT2D eigenvalue weighted by atomic mass is 9.75. The van der Waals surface area contributed by atoms with Gasteiger partial charge in [0.1, 0.15) is 5.25 Å². The Morgan fingerprint density at radius 1 is 0.449 bits per heavy atom. The summed E-state index contributed by atoms with van der Waals surface area (Å²) < 4.78 is 0. The molecule has 0 rings (SSSR count). The van der Waals surface area contributed by atoms with Gasteiger partial charge in [0.2, 0.25) is 0 Å². The van der Waals surface area contributed by atoms with Gasteiger partial charge in [0, 0.05) is 5.25 Å². The van der Waals surface area contributed by atoms with E-state index < -0.39 is 22.6 Å². The third kappa shape index (κ3) is 27.6. The second-order valence-corrected chi connectivity index (χ2v) is 17.1. The number of hydrogen-bond acceptors (Lipinski definition) is 3. The van der Waals surface area contributed by atoms with Crippen LogP contribution in [0.15, 0.2) is 0 Å². The molecule has 0 aliphatic heterocycles. The highest BCUT2D eigenvalue weighted by Crippen LogP contribution is 2.43. The number of thioether (sulfide) groups is 1. The first-order chi connectivity index (χ1) is 23.9. The largest absolute Gasteiger partial charge is 0.481 e. The van der Waals surface area contributed by atoms with E-state index in [0.29, 0.717) is 19.3 Å². The molecule has 2 unspecified atom stereocenters. The summed E-state index contributed by atoms with van der Waals surface area (Å²) in [5.41, 5.74) is -0.834. The van der Waals surface area contributed by atoms with E-state index in [1.807, 2.05) is 13.8 Å². The molecule has 0 spiro atoms. The fourth-order valence-electron chi connectivity index (χ4n) is 7.60. The van der Waals surface area contributed by atoms with Gasteiger partial charge in [0.15, 0.2) is 0 Å². The van der Waals surface area contributed by atoms with E-state index in [9.17, 15) is 19.8 Å². The third-order valence-corrected chi connectivity index (χ3v) is 12.9. The van der Waals surface area contributed by atoms with Crippen molar-refractivity contribution in [2.45, 2.75) is 263 Å². The van der Waals surface area contributed by atoms with Crippen LogP contribution in [0.5, 0.6) is 0 Å². The first kappa shape index (κ1) is 48.3. The number of rotatable bonds is 40. The van der Waals surface area contributed by atoms with Crippen LogP contribution in [-0.4, -0.2) is 32.7 Å². The Balaban J connectivity index is 4.37. The molecule has 5 heteroatoms. The first-order valence-corrected chi connectivity index (χ1v) is 22.9. The highest BCUT2D eigenvalue weighted by molar-refractivity contribution is 8.01. The SMILES string of the molecule is CCCCCCCCCCCCCCCCCCC(CCCCCCCCCCCCCCCCCC)(C(=O)O)C(C)SC(CC)C(=O)O. The summed E-state index contributed by atoms with van der Waals surface area (Å²) in [6.07, 6.45) is 43.8. The van der Waals surface area contributed by atoms with Crippen molar-refractivity contribution < 1.29 is 19.8 Å². The van der Waals surface area contributed by atoms with Gasteiger partial charge in [-0.15, -0.1) is 11.8 Å². The molecule has 4 nitrogen and oxygen atoms in total. The fourth-order valence-corrected chi connectivity index (χ4v) is 9.00. The number of hydrogen-bond donors (Lipinski definition) is 2. The standard InChI is InChI=1S/C44H86O4S/c1-5-8-10-12-14-16-18-20-22-24-26-28-30-32-34-36-38-44(43(47)48,40(4)49-41(7-3)42(45)46)39-37-35-33-31-29-27-25-23-21-19-17-15-13-11-9-6-2/h40-41H,5-39H2,1-4H3,(H,45,46)(H,47,48). The summed E-state index contributed by atoms with van der Waals surface area (Å²) in [6.45, 7) is 8.44. The van der Waals surface area contributed by atoms with Crippen LogP contribution in [0.2, 0.25) is 0 Å². The minimum Gasteiger partial charge on any atom is -0.481 e. The van der Waals surface area contributed by atoms with Crippen molar-refractivity contribution >= 4 is 23.7 Å². The third-order valence-electron chi connectivity index (χ3n) is 11.2. The number of unbranched alkanes of at least 4 members (excludes halogenated alkanes) is 30. The molecular weight excluding hydrogens is 625 g/mol. The van der Waals surface area contributed by atoms with Crippen LogP contribution in [0.1, 0.15) is 252 Å². The van der Waals surface area contributed by atoms with Crippen molar-refractivity contribution in [3.8, 4) is 0 Å². The van der Waals surface area contributed by atoms with Gasteiger partial charge in [-0.3, -0.25) is 9.59 Å². The molecule has 2 atom stereocenters. The number of carboxylic acids is 2. The van der Waals surface area contributed by atoms with Crippen LogP contribution < -0.4 is 0 Å². The van der Waals surface area contributed by atoms with Crippen molar-refractivity contribution in [2.24, 2.45) is 5.41 Å². The Labute approximate surface area is 310 Å². The molecule has 0 saturated heterocycles. The molecule has 0 aliphatic rings. The summed E-state index contributed by atoms with van der Waals surface area (Å²) in [6, 6.07) is 0. The van der Waals surface area contributed by atoms with Crippen molar-refractivity contribution in [1.82, 2.24) is 0 Å². The molecule has 0 aliphatic carbocycles. The molecule has 0 amide bonds. The van der Waals surface area contributed by atoms with Gasteiger partial charge < -0.3 is 10.2 Å². The summed E-state index contributed by atoms with van der Waals surface area (Å²) in [5, 5.41) is 19.6. The average Bonchev–Trinajstić information content (AvgIpc) is 3.08. The lowest BCUT2D eigenvalue weighted by molar-refractivity contribution is -0.150. The van der Waals surface area contributed by atoms with Crippen LogP contribution in [0, 0.1) is 5.41 Å². The normalized spacial score (nSPS) is 13.1. The number of carbonyl (C=O) groups is 2. The highest BCUT2D eigenvalue weighted by Gasteiger charge is 2.44. The van der Waals surface area contributed by atoms with E-state index >= 15 is 0 Å². The second kappa shape index (κ2) is 35.7. The smallest absolute Gasteiger partial charge is 0.316 e. The van der Waals surface area contributed by atoms with E-state index in [-0.39, 0.29) is 5.25 Å². The van der Waals surface area contributed by atoms with E-state index in [1.54, 1.807) is 0 Å². The molecule has 0 aromatic rings. The fraction of sp³-hybridized carbons (Fsp3) is 0.955. The molecule has 0 aromatic carbocycles. The zero-order chi connectivity index (χ0) is 36.3. The molecule has 0 heterocycles. The van der Waals surface area contributed by atoms with Crippen molar-refractivity contribution in [3.63, 3.8) is 0 Å². The maximum atomic E-state index is 12.9. The van der Waals surface area contributed by atoms with Gasteiger partial charge in [0.05, 0.1) is 5.41 Å². The quantitative estimate of drug-likeness (QED) is 0.0619. The van der Waals surface area contributed by atoms with Gasteiger partial charge in [0.25, 0.3) is 0 Å². The molecule has 0 aromatic heterocycles. The molecule has 0 radical (unpaired) electrons. The Kier molecular flexibility index (Phi) is 35.2. The van der Waals surface area contributed by atoms with Crippen LogP contribution in [0.3, 0.4) is 0 Å². The summed E-state index contributed by atoms with van der Waals surface area (Å²) in [5.74, 6) is -1.53. The lowest BCUT2D eigenvalue weighted by Crippen LogP contribution is -2.41. The van der Waals surface area contributed by atoms with E-state index in [1.165, 1.54) is 192 Å². The Hall–Kier alpha value is -0.710. The van der Waals surface area contributed by atoms with E-state index in [4.69, 9.17) is 0 Å². The van der Waals surface area contributed by atoms with E-state index in [2.05, 4.69) is 13.8 Å². The topological polar surface area (TPSA) is 74.6 Å². The van der Waals surface area contributed by atoms with Crippen LogP contribution in [0.25, 0.3) is 0 Å². The first-order valence-electron chi connectivity index (χ1n) is 22.0. The second-order valence-electron chi connectivity index (χ2n) is 15.6. The monoisotopic (exact) mass is 711 g/mol. The van der Waals surface area contributed by atoms with Gasteiger partial charge in [-0.05, 0) is 19.3 Å². The Bertz CT molecular complexity index is 690. The maximum absolute atomic E-state index is 12.9. The van der Waals surface area contributed by atoms with Crippen LogP contribution in [0.4, 0.5) is 0 Å². The maximum Gasteiger partial charge on any atom is 0.316 e. The molecular formula is C44H86O4S. The molecule has 0 saturated carbocycles. The average molecular weight is 711 g/mol. The van der Waals surface area contributed by atoms with Crippen molar-refractivity contribution in [1.29, 1.82) is 0 Å². The van der Waals surface area contributed by atoms with Gasteiger partial charge in [-0.1, -0.05) is 233 Å². The molecule has 292 valence electrons. The molecule has 49 heavy (non-hydrogen) atoms. The minimum atomic E-state index is -0.834. The zero-order valence-corrected chi connectivity index (χ0v) is 34.3. The van der Waals surface area contributed by atoms with Crippen LogP contribution in [-0.2, 0) is 9.59 Å². The molecule has 0 bridgehead atoms. The summed E-state index contributed by atoms with van der Waals surface area (Å²) >= 11 is 1.38. The Morgan fingerprint density at radius 3 is 0.898 bits per heavy atom. The predicted molar refractivity (Wildman–Crippen MR) is 217 cm³/mol. The number of carboxylic acid groups (broad SMARTS) is 2. The zero-order valence-electron chi connectivity index (χ0n) is 33.5. The Morgan fingerprint density at radius 2 is 0.694 bits per heavy atom. The van der Waals surface area contributed by atoms with Crippen molar-refractivity contribution in [2.75, 3.05) is 0 Å².